The Labute approximate surface area is 72.3 Å². The Morgan fingerprint density at radius 2 is 2.17 bits per heavy atom. The molecule has 60 valence electrons. The third-order valence-electron chi connectivity index (χ3n) is 2.18. The van der Waals surface area contributed by atoms with E-state index in [1.807, 2.05) is 18.2 Å². The summed E-state index contributed by atoms with van der Waals surface area (Å²) < 4.78 is 0. The van der Waals surface area contributed by atoms with E-state index in [1.54, 1.807) is 0 Å². The summed E-state index contributed by atoms with van der Waals surface area (Å²) in [4.78, 5) is 0. The van der Waals surface area contributed by atoms with Crippen LogP contribution in [0.1, 0.15) is 6.42 Å². The molecule has 0 spiro atoms. The van der Waals surface area contributed by atoms with Crippen molar-refractivity contribution in [3.8, 4) is 0 Å². The number of allylic oxidation sites excluding steroid dienone is 8. The highest BCUT2D eigenvalue weighted by Gasteiger charge is 2.14. The van der Waals surface area contributed by atoms with Gasteiger partial charge >= 0.3 is 0 Å². The molecule has 0 fully saturated rings. The molecule has 0 aliphatic heterocycles. The molecule has 0 aromatic rings. The first-order valence-electron chi connectivity index (χ1n) is 4.18. The van der Waals surface area contributed by atoms with Gasteiger partial charge in [-0.15, -0.1) is 0 Å². The molecule has 0 saturated heterocycles. The monoisotopic (exact) mass is 157 g/mol. The second-order valence-electron chi connectivity index (χ2n) is 3.01. The van der Waals surface area contributed by atoms with Crippen LogP contribution in [-0.4, -0.2) is 5.71 Å². The van der Waals surface area contributed by atoms with Gasteiger partial charge in [-0.25, -0.2) is 0 Å². The molecule has 1 N–H and O–H groups in total. The Morgan fingerprint density at radius 3 is 3.08 bits per heavy atom. The highest BCUT2D eigenvalue weighted by atomic mass is 14.4. The van der Waals surface area contributed by atoms with Gasteiger partial charge in [0.2, 0.25) is 0 Å². The lowest BCUT2D eigenvalue weighted by Gasteiger charge is -2.14. The van der Waals surface area contributed by atoms with Crippen molar-refractivity contribution in [3.63, 3.8) is 0 Å². The Hall–Kier alpha value is -1.37. The zero-order valence-corrected chi connectivity index (χ0v) is 6.83. The second-order valence-corrected chi connectivity index (χ2v) is 3.01. The maximum atomic E-state index is 7.72. The van der Waals surface area contributed by atoms with Crippen molar-refractivity contribution in [1.29, 1.82) is 5.41 Å². The van der Waals surface area contributed by atoms with E-state index in [4.69, 9.17) is 5.41 Å². The molecule has 1 nitrogen and oxygen atoms in total. The summed E-state index contributed by atoms with van der Waals surface area (Å²) in [6, 6.07) is 0. The minimum absolute atomic E-state index is 0.334. The second kappa shape index (κ2) is 2.94. The largest absolute Gasteiger partial charge is 0.301 e. The minimum atomic E-state index is 0.334. The van der Waals surface area contributed by atoms with Crippen molar-refractivity contribution < 1.29 is 0 Å². The Balaban J connectivity index is 2.39. The van der Waals surface area contributed by atoms with Crippen molar-refractivity contribution in [2.24, 2.45) is 5.92 Å². The van der Waals surface area contributed by atoms with E-state index >= 15 is 0 Å². The van der Waals surface area contributed by atoms with Gasteiger partial charge in [0, 0.05) is 5.92 Å². The van der Waals surface area contributed by atoms with Crippen molar-refractivity contribution in [1.82, 2.24) is 0 Å². The van der Waals surface area contributed by atoms with Crippen LogP contribution in [0, 0.1) is 11.3 Å². The molecule has 2 aliphatic carbocycles. The van der Waals surface area contributed by atoms with Crippen LogP contribution in [0.25, 0.3) is 0 Å². The first-order chi connectivity index (χ1) is 5.88. The lowest BCUT2D eigenvalue weighted by atomic mass is 9.91. The van der Waals surface area contributed by atoms with E-state index in [2.05, 4.69) is 24.3 Å². The lowest BCUT2D eigenvalue weighted by Crippen LogP contribution is -2.07. The SMILES string of the molecule is N=C1C=CC=CC2C=CCC=C12. The highest BCUT2D eigenvalue weighted by molar-refractivity contribution is 6.07. The summed E-state index contributed by atoms with van der Waals surface area (Å²) >= 11 is 0. The number of rotatable bonds is 0. The summed E-state index contributed by atoms with van der Waals surface area (Å²) in [6.45, 7) is 0. The summed E-state index contributed by atoms with van der Waals surface area (Å²) in [7, 11) is 0. The highest BCUT2D eigenvalue weighted by Crippen LogP contribution is 2.23. The number of hydrogen-bond acceptors (Lipinski definition) is 1. The van der Waals surface area contributed by atoms with E-state index in [0.717, 1.165) is 12.0 Å². The standard InChI is InChI=1S/C11H11N/c12-11-8-4-2-6-9-5-1-3-7-10(9)11/h1-2,4-9,12H,3H2. The molecule has 2 rings (SSSR count). The Kier molecular flexibility index (Phi) is 1.78. The molecule has 0 bridgehead atoms. The van der Waals surface area contributed by atoms with Crippen LogP contribution in [0.2, 0.25) is 0 Å². The number of fused-ring (bicyclic) bond motifs is 1. The van der Waals surface area contributed by atoms with Crippen LogP contribution in [-0.2, 0) is 0 Å². The van der Waals surface area contributed by atoms with Crippen LogP contribution in [0.4, 0.5) is 0 Å². The fraction of sp³-hybridized carbons (Fsp3) is 0.182. The topological polar surface area (TPSA) is 23.9 Å². The summed E-state index contributed by atoms with van der Waals surface area (Å²) in [5.74, 6) is 0.334. The zero-order chi connectivity index (χ0) is 8.39. The zero-order valence-electron chi connectivity index (χ0n) is 6.83. The lowest BCUT2D eigenvalue weighted by molar-refractivity contribution is 0.978. The molecule has 0 saturated carbocycles. The predicted molar refractivity (Wildman–Crippen MR) is 51.3 cm³/mol. The van der Waals surface area contributed by atoms with Gasteiger partial charge in [0.25, 0.3) is 0 Å². The van der Waals surface area contributed by atoms with Crippen LogP contribution in [0.3, 0.4) is 0 Å². The van der Waals surface area contributed by atoms with Gasteiger partial charge in [-0.2, -0.15) is 0 Å². The van der Waals surface area contributed by atoms with E-state index < -0.39 is 0 Å². The van der Waals surface area contributed by atoms with Crippen LogP contribution < -0.4 is 0 Å². The Bertz CT molecular complexity index is 316. The maximum absolute atomic E-state index is 7.72. The molecule has 1 atom stereocenters. The van der Waals surface area contributed by atoms with E-state index in [0.29, 0.717) is 11.6 Å². The summed E-state index contributed by atoms with van der Waals surface area (Å²) in [6.07, 6.45) is 15.3. The number of hydrogen-bond donors (Lipinski definition) is 1. The first-order valence-corrected chi connectivity index (χ1v) is 4.18. The molecule has 12 heavy (non-hydrogen) atoms. The quantitative estimate of drug-likeness (QED) is 0.523. The van der Waals surface area contributed by atoms with Gasteiger partial charge in [-0.05, 0) is 18.1 Å². The average molecular weight is 157 g/mol. The van der Waals surface area contributed by atoms with Gasteiger partial charge in [0.15, 0.2) is 0 Å². The fourth-order valence-corrected chi connectivity index (χ4v) is 1.55. The molecule has 0 aromatic carbocycles. The van der Waals surface area contributed by atoms with Crippen LogP contribution >= 0.6 is 0 Å². The molecule has 1 unspecified atom stereocenters. The van der Waals surface area contributed by atoms with E-state index in [9.17, 15) is 0 Å². The third-order valence-corrected chi connectivity index (χ3v) is 2.18. The van der Waals surface area contributed by atoms with Crippen LogP contribution in [0.15, 0.2) is 48.1 Å². The Morgan fingerprint density at radius 1 is 1.25 bits per heavy atom. The average Bonchev–Trinajstić information content (AvgIpc) is 2.29. The summed E-state index contributed by atoms with van der Waals surface area (Å²) in [5, 5.41) is 7.72. The molecule has 0 amide bonds. The van der Waals surface area contributed by atoms with Gasteiger partial charge in [0.1, 0.15) is 0 Å². The van der Waals surface area contributed by atoms with Crippen molar-refractivity contribution in [2.75, 3.05) is 0 Å². The van der Waals surface area contributed by atoms with Gasteiger partial charge in [-0.3, -0.25) is 0 Å². The number of nitrogens with one attached hydrogen (secondary N) is 1. The van der Waals surface area contributed by atoms with Gasteiger partial charge in [-0.1, -0.05) is 36.5 Å². The molecule has 0 aromatic heterocycles. The van der Waals surface area contributed by atoms with E-state index in [1.165, 1.54) is 0 Å². The normalized spacial score (nSPS) is 26.5. The van der Waals surface area contributed by atoms with E-state index in [-0.39, 0.29) is 0 Å². The van der Waals surface area contributed by atoms with Gasteiger partial charge < -0.3 is 5.41 Å². The predicted octanol–water partition coefficient (Wildman–Crippen LogP) is 2.63. The molecule has 0 radical (unpaired) electrons. The fourth-order valence-electron chi connectivity index (χ4n) is 1.55. The van der Waals surface area contributed by atoms with Crippen molar-refractivity contribution >= 4 is 5.71 Å². The molecule has 0 heterocycles. The minimum Gasteiger partial charge on any atom is -0.301 e. The summed E-state index contributed by atoms with van der Waals surface area (Å²) in [5.41, 5.74) is 1.79. The third kappa shape index (κ3) is 1.18. The smallest absolute Gasteiger partial charge is 0.0577 e. The molecular formula is C11H11N. The van der Waals surface area contributed by atoms with Crippen molar-refractivity contribution in [2.45, 2.75) is 6.42 Å². The maximum Gasteiger partial charge on any atom is 0.0577 e. The molecule has 2 aliphatic rings. The van der Waals surface area contributed by atoms with Crippen molar-refractivity contribution in [3.05, 3.63) is 48.1 Å². The van der Waals surface area contributed by atoms with Crippen LogP contribution in [0.5, 0.6) is 0 Å². The molecular weight excluding hydrogens is 146 g/mol. The molecule has 1 heteroatoms. The van der Waals surface area contributed by atoms with Gasteiger partial charge in [0.05, 0.1) is 5.71 Å². The first kappa shape index (κ1) is 7.29.